The second-order valence-corrected chi connectivity index (χ2v) is 8.24. The van der Waals surface area contributed by atoms with Crippen molar-refractivity contribution >= 4 is 17.5 Å². The van der Waals surface area contributed by atoms with Gasteiger partial charge in [0.15, 0.2) is 0 Å². The van der Waals surface area contributed by atoms with Gasteiger partial charge in [0.1, 0.15) is 5.54 Å². The number of anilines is 1. The highest BCUT2D eigenvalue weighted by molar-refractivity contribution is 6.09. The van der Waals surface area contributed by atoms with Crippen LogP contribution in [-0.4, -0.2) is 34.4 Å². The number of fused-ring (bicyclic) bond motifs is 4. The minimum absolute atomic E-state index is 0.00295. The quantitative estimate of drug-likeness (QED) is 0.746. The van der Waals surface area contributed by atoms with Gasteiger partial charge in [-0.25, -0.2) is 0 Å². The number of para-hydroxylation sites is 1. The predicted molar refractivity (Wildman–Crippen MR) is 109 cm³/mol. The van der Waals surface area contributed by atoms with Crippen LogP contribution in [0.2, 0.25) is 0 Å². The second-order valence-electron chi connectivity index (χ2n) is 8.24. The van der Waals surface area contributed by atoms with Gasteiger partial charge in [0.05, 0.1) is 12.5 Å². The zero-order chi connectivity index (χ0) is 20.0. The Bertz CT molecular complexity index is 958. The molecule has 2 aromatic rings. The molecule has 3 aliphatic heterocycles. The molecular weight excluding hydrogens is 366 g/mol. The summed E-state index contributed by atoms with van der Waals surface area (Å²) < 4.78 is 0. The summed E-state index contributed by atoms with van der Waals surface area (Å²) >= 11 is 0. The average Bonchev–Trinajstić information content (AvgIpc) is 3.41. The summed E-state index contributed by atoms with van der Waals surface area (Å²) in [5.74, 6) is -0.554. The van der Waals surface area contributed by atoms with Crippen molar-refractivity contribution in [1.82, 2.24) is 10.2 Å². The standard InChI is InChI=1S/C23H25N3O3/c27-14-16-9-7-15(8-10-16)13-24-21(28)19-12-17-4-3-11-26(17)23(19)18-5-1-2-6-20(18)25-22(23)29/h1-2,5-10,17,19,27H,3-4,11-14H2,(H,24,28)(H,25,29)/t17-,19+,23+/m1/s1. The van der Waals surface area contributed by atoms with E-state index in [0.29, 0.717) is 13.0 Å². The molecule has 0 unspecified atom stereocenters. The molecule has 150 valence electrons. The molecular formula is C23H25N3O3. The van der Waals surface area contributed by atoms with Crippen molar-refractivity contribution in [2.75, 3.05) is 11.9 Å². The molecule has 0 aliphatic carbocycles. The lowest BCUT2D eigenvalue weighted by atomic mass is 9.78. The molecule has 3 aliphatic rings. The van der Waals surface area contributed by atoms with Crippen LogP contribution >= 0.6 is 0 Å². The van der Waals surface area contributed by atoms with Crippen molar-refractivity contribution < 1.29 is 14.7 Å². The van der Waals surface area contributed by atoms with Crippen molar-refractivity contribution in [3.8, 4) is 0 Å². The molecule has 0 aromatic heterocycles. The minimum atomic E-state index is -0.900. The Morgan fingerprint density at radius 1 is 1.17 bits per heavy atom. The Kier molecular flexibility index (Phi) is 4.41. The van der Waals surface area contributed by atoms with E-state index in [-0.39, 0.29) is 24.5 Å². The molecule has 2 amide bonds. The van der Waals surface area contributed by atoms with Gasteiger partial charge in [-0.2, -0.15) is 0 Å². The Labute approximate surface area is 169 Å². The van der Waals surface area contributed by atoms with Crippen LogP contribution in [0.1, 0.15) is 36.0 Å². The van der Waals surface area contributed by atoms with Crippen LogP contribution in [0, 0.1) is 5.92 Å². The van der Waals surface area contributed by atoms with E-state index < -0.39 is 11.5 Å². The van der Waals surface area contributed by atoms with Crippen LogP contribution in [0.15, 0.2) is 48.5 Å². The van der Waals surface area contributed by atoms with Crippen molar-refractivity contribution in [3.63, 3.8) is 0 Å². The van der Waals surface area contributed by atoms with E-state index in [0.717, 1.165) is 41.8 Å². The summed E-state index contributed by atoms with van der Waals surface area (Å²) in [7, 11) is 0. The topological polar surface area (TPSA) is 81.7 Å². The van der Waals surface area contributed by atoms with Gasteiger partial charge in [0, 0.05) is 23.8 Å². The number of aliphatic hydroxyl groups excluding tert-OH is 1. The smallest absolute Gasteiger partial charge is 0.250 e. The molecule has 6 nitrogen and oxygen atoms in total. The molecule has 2 fully saturated rings. The molecule has 0 bridgehead atoms. The summed E-state index contributed by atoms with van der Waals surface area (Å²) in [5, 5.41) is 15.3. The largest absolute Gasteiger partial charge is 0.392 e. The summed E-state index contributed by atoms with van der Waals surface area (Å²) in [6, 6.07) is 15.6. The maximum atomic E-state index is 13.3. The first-order valence-corrected chi connectivity index (χ1v) is 10.3. The van der Waals surface area contributed by atoms with Gasteiger partial charge in [0.2, 0.25) is 11.8 Å². The van der Waals surface area contributed by atoms with Crippen LogP contribution in [0.4, 0.5) is 5.69 Å². The number of carbonyl (C=O) groups is 2. The maximum Gasteiger partial charge on any atom is 0.250 e. The van der Waals surface area contributed by atoms with Gasteiger partial charge in [-0.1, -0.05) is 42.5 Å². The monoisotopic (exact) mass is 391 g/mol. The summed E-state index contributed by atoms with van der Waals surface area (Å²) in [6.45, 7) is 1.26. The fourth-order valence-corrected chi connectivity index (χ4v) is 5.46. The molecule has 3 N–H and O–H groups in total. The van der Waals surface area contributed by atoms with E-state index in [2.05, 4.69) is 15.5 Å². The van der Waals surface area contributed by atoms with E-state index in [1.807, 2.05) is 48.5 Å². The number of carbonyl (C=O) groups excluding carboxylic acids is 2. The summed E-state index contributed by atoms with van der Waals surface area (Å²) in [6.07, 6.45) is 2.80. The van der Waals surface area contributed by atoms with Crippen LogP contribution in [-0.2, 0) is 28.3 Å². The first-order chi connectivity index (χ1) is 14.1. The molecule has 3 heterocycles. The number of amides is 2. The van der Waals surface area contributed by atoms with Crippen molar-refractivity contribution in [3.05, 3.63) is 65.2 Å². The molecule has 6 heteroatoms. The van der Waals surface area contributed by atoms with Gasteiger partial charge < -0.3 is 15.7 Å². The second kappa shape index (κ2) is 6.97. The number of nitrogens with zero attached hydrogens (tertiary/aromatic N) is 1. The third-order valence-corrected chi connectivity index (χ3v) is 6.76. The molecule has 5 rings (SSSR count). The van der Waals surface area contributed by atoms with E-state index >= 15 is 0 Å². The Balaban J connectivity index is 1.44. The number of hydrogen-bond acceptors (Lipinski definition) is 4. The molecule has 1 spiro atoms. The first kappa shape index (κ1) is 18.3. The number of rotatable bonds is 4. The van der Waals surface area contributed by atoms with E-state index in [1.54, 1.807) is 0 Å². The van der Waals surface area contributed by atoms with Crippen molar-refractivity contribution in [1.29, 1.82) is 0 Å². The predicted octanol–water partition coefficient (Wildman–Crippen LogP) is 2.13. The maximum absolute atomic E-state index is 13.3. The Morgan fingerprint density at radius 3 is 2.72 bits per heavy atom. The van der Waals surface area contributed by atoms with Crippen molar-refractivity contribution in [2.45, 2.75) is 44.0 Å². The molecule has 29 heavy (non-hydrogen) atoms. The number of benzene rings is 2. The fourth-order valence-electron chi connectivity index (χ4n) is 5.46. The number of aliphatic hydroxyl groups is 1. The third-order valence-electron chi connectivity index (χ3n) is 6.76. The molecule has 0 saturated carbocycles. The molecule has 2 saturated heterocycles. The van der Waals surface area contributed by atoms with Gasteiger partial charge in [-0.05, 0) is 43.0 Å². The minimum Gasteiger partial charge on any atom is -0.392 e. The highest BCUT2D eigenvalue weighted by Crippen LogP contribution is 2.55. The van der Waals surface area contributed by atoms with Gasteiger partial charge in [0.25, 0.3) is 0 Å². The average molecular weight is 391 g/mol. The van der Waals surface area contributed by atoms with E-state index in [4.69, 9.17) is 0 Å². The zero-order valence-corrected chi connectivity index (χ0v) is 16.2. The normalized spacial score (nSPS) is 27.7. The lowest BCUT2D eigenvalue weighted by Crippen LogP contribution is -2.54. The summed E-state index contributed by atoms with van der Waals surface area (Å²) in [5.41, 5.74) is 2.67. The van der Waals surface area contributed by atoms with Crippen molar-refractivity contribution in [2.24, 2.45) is 5.92 Å². The van der Waals surface area contributed by atoms with Gasteiger partial charge in [-0.15, -0.1) is 0 Å². The van der Waals surface area contributed by atoms with Crippen LogP contribution in [0.3, 0.4) is 0 Å². The fraction of sp³-hybridized carbons (Fsp3) is 0.391. The third kappa shape index (κ3) is 2.70. The Hall–Kier alpha value is -2.70. The lowest BCUT2D eigenvalue weighted by molar-refractivity contribution is -0.137. The highest BCUT2D eigenvalue weighted by atomic mass is 16.3. The highest BCUT2D eigenvalue weighted by Gasteiger charge is 2.65. The number of hydrogen-bond donors (Lipinski definition) is 3. The van der Waals surface area contributed by atoms with E-state index in [9.17, 15) is 14.7 Å². The van der Waals surface area contributed by atoms with Gasteiger partial charge >= 0.3 is 0 Å². The first-order valence-electron chi connectivity index (χ1n) is 10.3. The molecule has 3 atom stereocenters. The SMILES string of the molecule is O=C(NCc1ccc(CO)cc1)[C@@H]1C[C@H]2CCCN2[C@]12C(=O)Nc1ccccc12. The van der Waals surface area contributed by atoms with Crippen LogP contribution in [0.5, 0.6) is 0 Å². The van der Waals surface area contributed by atoms with E-state index in [1.165, 1.54) is 0 Å². The van der Waals surface area contributed by atoms with Crippen LogP contribution < -0.4 is 10.6 Å². The summed E-state index contributed by atoms with van der Waals surface area (Å²) in [4.78, 5) is 28.9. The lowest BCUT2D eigenvalue weighted by Gasteiger charge is -2.36. The molecule has 0 radical (unpaired) electrons. The van der Waals surface area contributed by atoms with Crippen LogP contribution in [0.25, 0.3) is 0 Å². The number of nitrogens with one attached hydrogen (secondary N) is 2. The van der Waals surface area contributed by atoms with Gasteiger partial charge in [-0.3, -0.25) is 14.5 Å². The Morgan fingerprint density at radius 2 is 1.93 bits per heavy atom. The molecule has 2 aromatic carbocycles. The zero-order valence-electron chi connectivity index (χ0n) is 16.2.